The monoisotopic (exact) mass is 303 g/mol. The van der Waals surface area contributed by atoms with Crippen molar-refractivity contribution in [2.75, 3.05) is 10.6 Å². The van der Waals surface area contributed by atoms with Crippen LogP contribution in [0, 0.1) is 6.92 Å². The minimum absolute atomic E-state index is 0.0582. The highest BCUT2D eigenvalue weighted by Crippen LogP contribution is 2.35. The van der Waals surface area contributed by atoms with Crippen molar-refractivity contribution in [2.24, 2.45) is 0 Å². The van der Waals surface area contributed by atoms with Crippen molar-refractivity contribution in [3.8, 4) is 0 Å². The molecule has 21 heavy (non-hydrogen) atoms. The van der Waals surface area contributed by atoms with Crippen molar-refractivity contribution in [1.82, 2.24) is 5.16 Å². The molecule has 1 atom stereocenters. The van der Waals surface area contributed by atoms with E-state index in [2.05, 4.69) is 15.8 Å². The van der Waals surface area contributed by atoms with E-state index in [4.69, 9.17) is 4.52 Å². The summed E-state index contributed by atoms with van der Waals surface area (Å²) < 4.78 is 4.89. The van der Waals surface area contributed by atoms with E-state index in [0.29, 0.717) is 22.8 Å². The van der Waals surface area contributed by atoms with Crippen LogP contribution in [0.25, 0.3) is 0 Å². The summed E-state index contributed by atoms with van der Waals surface area (Å²) in [7, 11) is 0. The third kappa shape index (κ3) is 2.78. The number of carbonyl (C=O) groups is 2. The molecule has 0 aliphatic carbocycles. The van der Waals surface area contributed by atoms with Crippen LogP contribution < -0.4 is 10.6 Å². The van der Waals surface area contributed by atoms with E-state index in [1.807, 2.05) is 13.0 Å². The number of hydrogen-bond acceptors (Lipinski definition) is 5. The maximum absolute atomic E-state index is 12.1. The summed E-state index contributed by atoms with van der Waals surface area (Å²) in [6, 6.07) is 6.85. The molecule has 6 nitrogen and oxygen atoms in total. The van der Waals surface area contributed by atoms with Crippen molar-refractivity contribution in [2.45, 2.75) is 24.0 Å². The number of aryl methyl sites for hydroxylation is 1. The topological polar surface area (TPSA) is 84.2 Å². The molecule has 0 spiro atoms. The number of hydrogen-bond donors (Lipinski definition) is 2. The van der Waals surface area contributed by atoms with E-state index in [-0.39, 0.29) is 17.1 Å². The number of rotatable bonds is 2. The highest BCUT2D eigenvalue weighted by Gasteiger charge is 2.23. The lowest BCUT2D eigenvalue weighted by Crippen LogP contribution is -2.26. The summed E-state index contributed by atoms with van der Waals surface area (Å²) in [6.45, 7) is 3.59. The Balaban J connectivity index is 1.82. The molecule has 0 bridgehead atoms. The number of aromatic nitrogens is 1. The molecule has 7 heteroatoms. The number of fused-ring (bicyclic) bond motifs is 1. The first-order chi connectivity index (χ1) is 10.0. The van der Waals surface area contributed by atoms with Crippen molar-refractivity contribution >= 4 is 35.1 Å². The fourth-order valence-electron chi connectivity index (χ4n) is 1.96. The zero-order valence-electron chi connectivity index (χ0n) is 11.5. The van der Waals surface area contributed by atoms with Crippen LogP contribution >= 0.6 is 11.8 Å². The van der Waals surface area contributed by atoms with E-state index in [0.717, 1.165) is 4.90 Å². The third-order valence-corrected chi connectivity index (χ3v) is 4.22. The molecule has 0 radical (unpaired) electrons. The Hall–Kier alpha value is -2.28. The van der Waals surface area contributed by atoms with Gasteiger partial charge in [-0.05, 0) is 32.0 Å². The van der Waals surface area contributed by atoms with Gasteiger partial charge in [0.2, 0.25) is 5.91 Å². The van der Waals surface area contributed by atoms with Gasteiger partial charge in [0.05, 0.1) is 10.9 Å². The first kappa shape index (κ1) is 13.7. The summed E-state index contributed by atoms with van der Waals surface area (Å²) in [6.07, 6.45) is 0. The third-order valence-electron chi connectivity index (χ3n) is 3.04. The normalized spacial score (nSPS) is 17.0. The molecular formula is C14H13N3O3S. The Morgan fingerprint density at radius 2 is 2.24 bits per heavy atom. The van der Waals surface area contributed by atoms with Crippen molar-refractivity contribution in [3.05, 3.63) is 35.6 Å². The van der Waals surface area contributed by atoms with Gasteiger partial charge in [0, 0.05) is 16.5 Å². The van der Waals surface area contributed by atoms with Gasteiger partial charge in [0.1, 0.15) is 5.76 Å². The van der Waals surface area contributed by atoms with Crippen LogP contribution in [0.4, 0.5) is 11.5 Å². The first-order valence-electron chi connectivity index (χ1n) is 6.39. The molecule has 1 aliphatic rings. The smallest absolute Gasteiger partial charge is 0.256 e. The zero-order valence-corrected chi connectivity index (χ0v) is 12.3. The van der Waals surface area contributed by atoms with Gasteiger partial charge >= 0.3 is 0 Å². The predicted molar refractivity (Wildman–Crippen MR) is 79.6 cm³/mol. The van der Waals surface area contributed by atoms with E-state index in [9.17, 15) is 9.59 Å². The average molecular weight is 303 g/mol. The molecule has 3 rings (SSSR count). The van der Waals surface area contributed by atoms with Crippen molar-refractivity contribution in [1.29, 1.82) is 0 Å². The highest BCUT2D eigenvalue weighted by atomic mass is 32.2. The molecule has 108 valence electrons. The van der Waals surface area contributed by atoms with Crippen molar-refractivity contribution in [3.63, 3.8) is 0 Å². The minimum Gasteiger partial charge on any atom is -0.360 e. The van der Waals surface area contributed by atoms with Gasteiger partial charge in [-0.25, -0.2) is 0 Å². The Morgan fingerprint density at radius 1 is 1.43 bits per heavy atom. The van der Waals surface area contributed by atoms with Gasteiger partial charge in [0.15, 0.2) is 5.82 Å². The number of anilines is 2. The van der Waals surface area contributed by atoms with Gasteiger partial charge in [0.25, 0.3) is 5.91 Å². The molecule has 1 aromatic carbocycles. The number of nitrogens with one attached hydrogen (secondary N) is 2. The first-order valence-corrected chi connectivity index (χ1v) is 7.27. The van der Waals surface area contributed by atoms with Crippen LogP contribution in [0.3, 0.4) is 0 Å². The molecule has 2 aromatic rings. The maximum atomic E-state index is 12.1. The molecule has 0 unspecified atom stereocenters. The van der Waals surface area contributed by atoms with Gasteiger partial charge in [-0.1, -0.05) is 5.16 Å². The second kappa shape index (κ2) is 5.25. The Morgan fingerprint density at radius 3 is 2.95 bits per heavy atom. The largest absolute Gasteiger partial charge is 0.360 e. The number of benzene rings is 1. The number of nitrogens with zero attached hydrogens (tertiary/aromatic N) is 1. The number of thioether (sulfide) groups is 1. The standard InChI is InChI=1S/C14H13N3O3S/c1-7-5-12(17-20-7)16-14(19)9-3-4-11-10(6-9)15-13(18)8(2)21-11/h3-6,8H,1-2H3,(H,15,18)(H,16,17,19)/t8-/m1/s1. The molecule has 0 fully saturated rings. The molecular weight excluding hydrogens is 290 g/mol. The summed E-state index contributed by atoms with van der Waals surface area (Å²) in [5, 5.41) is 9.02. The molecule has 1 aromatic heterocycles. The number of amides is 2. The molecule has 2 heterocycles. The summed E-state index contributed by atoms with van der Waals surface area (Å²) in [4.78, 5) is 24.8. The van der Waals surface area contributed by atoms with Gasteiger partial charge in [-0.15, -0.1) is 11.8 Å². The maximum Gasteiger partial charge on any atom is 0.256 e. The second-order valence-corrected chi connectivity index (χ2v) is 6.12. The Labute approximate surface area is 125 Å². The summed E-state index contributed by atoms with van der Waals surface area (Å²) in [5.41, 5.74) is 1.11. The summed E-state index contributed by atoms with van der Waals surface area (Å²) >= 11 is 1.48. The van der Waals surface area contributed by atoms with Gasteiger partial charge in [-0.3, -0.25) is 9.59 Å². The fourth-order valence-corrected chi connectivity index (χ4v) is 2.89. The van der Waals surface area contributed by atoms with Crippen LogP contribution in [-0.4, -0.2) is 22.2 Å². The van der Waals surface area contributed by atoms with E-state index >= 15 is 0 Å². The molecule has 2 amide bonds. The number of carbonyl (C=O) groups excluding carboxylic acids is 2. The molecule has 1 aliphatic heterocycles. The second-order valence-electron chi connectivity index (χ2n) is 4.74. The average Bonchev–Trinajstić information content (AvgIpc) is 2.85. The van der Waals surface area contributed by atoms with Crippen LogP contribution in [0.1, 0.15) is 23.0 Å². The molecule has 0 saturated carbocycles. The predicted octanol–water partition coefficient (Wildman–Crippen LogP) is 2.67. The van der Waals surface area contributed by atoms with E-state index < -0.39 is 0 Å². The van der Waals surface area contributed by atoms with Crippen LogP contribution in [0.5, 0.6) is 0 Å². The SMILES string of the molecule is Cc1cc(NC(=O)c2ccc3c(c2)NC(=O)[C@@H](C)S3)no1. The zero-order chi connectivity index (χ0) is 15.0. The van der Waals surface area contributed by atoms with Gasteiger partial charge in [-0.2, -0.15) is 0 Å². The lowest BCUT2D eigenvalue weighted by Gasteiger charge is -2.21. The van der Waals surface area contributed by atoms with Crippen LogP contribution in [0.15, 0.2) is 33.7 Å². The molecule has 0 saturated heterocycles. The lowest BCUT2D eigenvalue weighted by atomic mass is 10.1. The van der Waals surface area contributed by atoms with Crippen LogP contribution in [0.2, 0.25) is 0 Å². The summed E-state index contributed by atoms with van der Waals surface area (Å²) in [5.74, 6) is 0.622. The highest BCUT2D eigenvalue weighted by molar-refractivity contribution is 8.00. The van der Waals surface area contributed by atoms with E-state index in [1.54, 1.807) is 25.1 Å². The molecule has 2 N–H and O–H groups in total. The van der Waals surface area contributed by atoms with E-state index in [1.165, 1.54) is 11.8 Å². The Bertz CT molecular complexity index is 726. The minimum atomic E-state index is -0.302. The quantitative estimate of drug-likeness (QED) is 0.891. The van der Waals surface area contributed by atoms with Crippen molar-refractivity contribution < 1.29 is 14.1 Å². The fraction of sp³-hybridized carbons (Fsp3) is 0.214. The lowest BCUT2D eigenvalue weighted by molar-refractivity contribution is -0.115. The van der Waals surface area contributed by atoms with Crippen LogP contribution in [-0.2, 0) is 4.79 Å². The Kier molecular flexibility index (Phi) is 3.42. The van der Waals surface area contributed by atoms with Gasteiger partial charge < -0.3 is 15.2 Å².